The molecule has 0 aliphatic carbocycles. The summed E-state index contributed by atoms with van der Waals surface area (Å²) in [5.41, 5.74) is -0.818. The van der Waals surface area contributed by atoms with Crippen molar-refractivity contribution >= 4 is 33.2 Å². The van der Waals surface area contributed by atoms with Crippen LogP contribution in [-0.2, 0) is 10.0 Å². The number of aliphatic hydroxyl groups is 2. The summed E-state index contributed by atoms with van der Waals surface area (Å²) in [5, 5.41) is 22.1. The normalized spacial score (nSPS) is 22.4. The molecule has 1 aliphatic rings. The molecule has 3 N–H and O–H groups in total. The molecular formula is C21H23ClF2N2O5S. The number of sulfonamides is 1. The van der Waals surface area contributed by atoms with Crippen LogP contribution in [0.1, 0.15) is 30.1 Å². The molecule has 0 radical (unpaired) electrons. The molecule has 0 aromatic heterocycles. The van der Waals surface area contributed by atoms with Crippen LogP contribution in [0.15, 0.2) is 41.3 Å². The first-order valence-corrected chi connectivity index (χ1v) is 11.6. The Morgan fingerprint density at radius 2 is 1.91 bits per heavy atom. The number of rotatable bonds is 5. The summed E-state index contributed by atoms with van der Waals surface area (Å²) < 4.78 is 55.1. The van der Waals surface area contributed by atoms with E-state index in [4.69, 9.17) is 11.6 Å². The molecule has 0 spiro atoms. The first-order valence-electron chi connectivity index (χ1n) is 9.83. The van der Waals surface area contributed by atoms with Crippen molar-refractivity contribution in [3.63, 3.8) is 0 Å². The van der Waals surface area contributed by atoms with Gasteiger partial charge in [-0.25, -0.2) is 17.2 Å². The van der Waals surface area contributed by atoms with Crippen LogP contribution in [-0.4, -0.2) is 54.6 Å². The van der Waals surface area contributed by atoms with Crippen LogP contribution in [0.4, 0.5) is 14.5 Å². The molecule has 1 fully saturated rings. The van der Waals surface area contributed by atoms with E-state index in [2.05, 4.69) is 5.32 Å². The van der Waals surface area contributed by atoms with E-state index in [9.17, 15) is 32.2 Å². The van der Waals surface area contributed by atoms with Gasteiger partial charge >= 0.3 is 0 Å². The molecular weight excluding hydrogens is 466 g/mol. The fourth-order valence-electron chi connectivity index (χ4n) is 3.46. The lowest BCUT2D eigenvalue weighted by atomic mass is 9.81. The maximum absolute atomic E-state index is 14.5. The summed E-state index contributed by atoms with van der Waals surface area (Å²) in [5.74, 6) is -2.43. The number of aliphatic hydroxyl groups excluding tert-OH is 2. The lowest BCUT2D eigenvalue weighted by molar-refractivity contribution is -0.00643. The predicted molar refractivity (Wildman–Crippen MR) is 115 cm³/mol. The highest BCUT2D eigenvalue weighted by Gasteiger charge is 2.39. The highest BCUT2D eigenvalue weighted by molar-refractivity contribution is 7.89. The Bertz CT molecular complexity index is 1130. The average Bonchev–Trinajstić information content (AvgIpc) is 2.90. The first kappa shape index (κ1) is 24.5. The number of nitrogens with zero attached hydrogens (tertiary/aromatic N) is 1. The molecule has 1 amide bonds. The summed E-state index contributed by atoms with van der Waals surface area (Å²) in [6, 6.07) is 6.47. The molecule has 174 valence electrons. The van der Waals surface area contributed by atoms with Crippen LogP contribution in [0.5, 0.6) is 0 Å². The minimum atomic E-state index is -4.32. The summed E-state index contributed by atoms with van der Waals surface area (Å²) >= 11 is 5.70. The third-order valence-electron chi connectivity index (χ3n) is 5.74. The zero-order chi connectivity index (χ0) is 23.7. The van der Waals surface area contributed by atoms with Crippen molar-refractivity contribution < 1.29 is 32.2 Å². The van der Waals surface area contributed by atoms with E-state index in [1.54, 1.807) is 6.92 Å². The van der Waals surface area contributed by atoms with Crippen LogP contribution in [0.2, 0.25) is 5.02 Å². The Balaban J connectivity index is 1.87. The summed E-state index contributed by atoms with van der Waals surface area (Å²) in [4.78, 5) is 11.9. The number of anilines is 1. The number of carbonyl (C=O) groups is 1. The van der Waals surface area contributed by atoms with Gasteiger partial charge in [0.1, 0.15) is 16.5 Å². The van der Waals surface area contributed by atoms with Crippen molar-refractivity contribution in [1.29, 1.82) is 0 Å². The second-order valence-electron chi connectivity index (χ2n) is 8.00. The Hall–Kier alpha value is -2.11. The number of benzene rings is 2. The molecule has 0 saturated carbocycles. The van der Waals surface area contributed by atoms with Gasteiger partial charge < -0.3 is 15.5 Å². The number of amides is 1. The van der Waals surface area contributed by atoms with Crippen molar-refractivity contribution in [1.82, 2.24) is 4.31 Å². The van der Waals surface area contributed by atoms with Crippen molar-refractivity contribution in [2.75, 3.05) is 25.0 Å². The van der Waals surface area contributed by atoms with Gasteiger partial charge in [-0.15, -0.1) is 0 Å². The van der Waals surface area contributed by atoms with Gasteiger partial charge in [-0.2, -0.15) is 4.31 Å². The molecule has 2 aromatic rings. The van der Waals surface area contributed by atoms with E-state index in [-0.39, 0.29) is 48.8 Å². The maximum Gasteiger partial charge on any atom is 0.255 e. The van der Waals surface area contributed by atoms with E-state index in [1.165, 1.54) is 12.1 Å². The molecule has 0 bridgehead atoms. The maximum atomic E-state index is 14.5. The van der Waals surface area contributed by atoms with Gasteiger partial charge in [-0.3, -0.25) is 4.79 Å². The molecule has 2 atom stereocenters. The number of hydrogen-bond donors (Lipinski definition) is 3. The Labute approximate surface area is 189 Å². The monoisotopic (exact) mass is 488 g/mol. The van der Waals surface area contributed by atoms with E-state index in [1.807, 2.05) is 0 Å². The van der Waals surface area contributed by atoms with Gasteiger partial charge in [0.15, 0.2) is 0 Å². The largest absolute Gasteiger partial charge is 0.396 e. The van der Waals surface area contributed by atoms with Gasteiger partial charge in [0.2, 0.25) is 10.0 Å². The van der Waals surface area contributed by atoms with Gasteiger partial charge in [-0.05, 0) is 49.2 Å². The zero-order valence-electron chi connectivity index (χ0n) is 17.2. The van der Waals surface area contributed by atoms with Crippen molar-refractivity contribution in [2.45, 2.75) is 30.8 Å². The van der Waals surface area contributed by atoms with Crippen LogP contribution >= 0.6 is 11.6 Å². The number of halogens is 3. The van der Waals surface area contributed by atoms with Gasteiger partial charge in [0, 0.05) is 29.8 Å². The second-order valence-corrected chi connectivity index (χ2v) is 10.3. The van der Waals surface area contributed by atoms with E-state index in [0.717, 1.165) is 28.6 Å². The molecule has 11 heteroatoms. The smallest absolute Gasteiger partial charge is 0.255 e. The third-order valence-corrected chi connectivity index (χ3v) is 7.94. The van der Waals surface area contributed by atoms with Gasteiger partial charge in [-0.1, -0.05) is 18.5 Å². The molecule has 1 saturated heterocycles. The predicted octanol–water partition coefficient (Wildman–Crippen LogP) is 3.01. The molecule has 3 rings (SSSR count). The second kappa shape index (κ2) is 9.40. The lowest BCUT2D eigenvalue weighted by Gasteiger charge is -2.30. The SMILES string of the molecule is CC1(CO)CCN(S(=O)(=O)c2cc(C(=O)Nc3ccc(F)c(Cl)c3)ccc2F)CCC1O. The number of hydrogen-bond acceptors (Lipinski definition) is 5. The zero-order valence-corrected chi connectivity index (χ0v) is 18.8. The third kappa shape index (κ3) is 4.94. The minimum Gasteiger partial charge on any atom is -0.396 e. The fourth-order valence-corrected chi connectivity index (χ4v) is 5.18. The Morgan fingerprint density at radius 1 is 1.22 bits per heavy atom. The summed E-state index contributed by atoms with van der Waals surface area (Å²) in [7, 11) is -4.32. The lowest BCUT2D eigenvalue weighted by Crippen LogP contribution is -2.35. The topological polar surface area (TPSA) is 107 Å². The summed E-state index contributed by atoms with van der Waals surface area (Å²) in [6.45, 7) is 1.24. The quantitative estimate of drug-likeness (QED) is 0.599. The first-order chi connectivity index (χ1) is 15.0. The van der Waals surface area contributed by atoms with Crippen molar-refractivity contribution in [3.8, 4) is 0 Å². The Kier molecular flexibility index (Phi) is 7.21. The molecule has 1 aliphatic heterocycles. The van der Waals surface area contributed by atoms with E-state index < -0.39 is 44.0 Å². The van der Waals surface area contributed by atoms with Crippen LogP contribution in [0.25, 0.3) is 0 Å². The van der Waals surface area contributed by atoms with E-state index in [0.29, 0.717) is 0 Å². The molecule has 2 aromatic carbocycles. The van der Waals surface area contributed by atoms with Crippen LogP contribution < -0.4 is 5.32 Å². The van der Waals surface area contributed by atoms with Crippen molar-refractivity contribution in [2.24, 2.45) is 5.41 Å². The van der Waals surface area contributed by atoms with Crippen LogP contribution in [0.3, 0.4) is 0 Å². The molecule has 7 nitrogen and oxygen atoms in total. The molecule has 1 heterocycles. The van der Waals surface area contributed by atoms with Crippen LogP contribution in [0, 0.1) is 17.0 Å². The minimum absolute atomic E-state index is 0.0274. The molecule has 32 heavy (non-hydrogen) atoms. The van der Waals surface area contributed by atoms with Gasteiger partial charge in [0.05, 0.1) is 17.7 Å². The number of carbonyl (C=O) groups excluding carboxylic acids is 1. The standard InChI is InChI=1S/C21H23ClF2N2O5S/c1-21(12-27)7-9-26(8-6-19(21)28)32(30,31)18-10-13(2-4-17(18)24)20(29)25-14-3-5-16(23)15(22)11-14/h2-5,10-11,19,27-28H,6-9,12H2,1H3,(H,25,29). The fraction of sp³-hybridized carbons (Fsp3) is 0.381. The Morgan fingerprint density at radius 3 is 2.56 bits per heavy atom. The highest BCUT2D eigenvalue weighted by Crippen LogP contribution is 2.33. The van der Waals surface area contributed by atoms with Crippen molar-refractivity contribution in [3.05, 3.63) is 58.6 Å². The summed E-state index contributed by atoms with van der Waals surface area (Å²) in [6.07, 6.45) is -0.669. The van der Waals surface area contributed by atoms with E-state index >= 15 is 0 Å². The molecule has 2 unspecified atom stereocenters. The number of nitrogens with one attached hydrogen (secondary N) is 1. The average molecular weight is 489 g/mol. The highest BCUT2D eigenvalue weighted by atomic mass is 35.5. The van der Waals surface area contributed by atoms with Gasteiger partial charge in [0.25, 0.3) is 5.91 Å².